The Morgan fingerprint density at radius 3 is 2.53 bits per heavy atom. The Labute approximate surface area is 179 Å². The van der Waals surface area contributed by atoms with Gasteiger partial charge in [0.15, 0.2) is 23.2 Å². The molecule has 0 saturated carbocycles. The van der Waals surface area contributed by atoms with E-state index in [9.17, 15) is 9.59 Å². The number of rotatable bonds is 7. The van der Waals surface area contributed by atoms with Gasteiger partial charge in [0.25, 0.3) is 11.8 Å². The Morgan fingerprint density at radius 1 is 1.13 bits per heavy atom. The minimum Gasteiger partial charge on any atom is -0.495 e. The van der Waals surface area contributed by atoms with Crippen LogP contribution < -0.4 is 24.8 Å². The van der Waals surface area contributed by atoms with Gasteiger partial charge in [0, 0.05) is 7.05 Å². The number of nitrogens with one attached hydrogen (secondary N) is 2. The van der Waals surface area contributed by atoms with E-state index in [0.29, 0.717) is 39.3 Å². The molecule has 2 amide bonds. The average molecular weight is 427 g/mol. The fourth-order valence-electron chi connectivity index (χ4n) is 2.76. The molecule has 2 N–H and O–H groups in total. The van der Waals surface area contributed by atoms with Gasteiger partial charge in [-0.3, -0.25) is 14.5 Å². The average Bonchev–Trinajstić information content (AvgIpc) is 2.99. The second-order valence-electron chi connectivity index (χ2n) is 6.30. The molecule has 0 atom stereocenters. The highest BCUT2D eigenvalue weighted by Crippen LogP contribution is 2.29. The van der Waals surface area contributed by atoms with Crippen molar-refractivity contribution in [2.45, 2.75) is 0 Å². The number of amides is 2. The molecule has 1 aliphatic heterocycles. The fraction of sp³-hybridized carbons (Fsp3) is 0.190. The lowest BCUT2D eigenvalue weighted by Gasteiger charge is -2.13. The largest absolute Gasteiger partial charge is 0.495 e. The molecule has 1 aliphatic rings. The summed E-state index contributed by atoms with van der Waals surface area (Å²) < 4.78 is 16.2. The van der Waals surface area contributed by atoms with Crippen molar-refractivity contribution in [3.05, 3.63) is 53.7 Å². The maximum atomic E-state index is 12.2. The van der Waals surface area contributed by atoms with E-state index in [4.69, 9.17) is 26.4 Å². The maximum absolute atomic E-state index is 12.2. The van der Waals surface area contributed by atoms with E-state index in [2.05, 4.69) is 10.6 Å². The highest BCUT2D eigenvalue weighted by atomic mass is 32.1. The van der Waals surface area contributed by atoms with Gasteiger partial charge < -0.3 is 24.8 Å². The summed E-state index contributed by atoms with van der Waals surface area (Å²) in [4.78, 5) is 25.7. The van der Waals surface area contributed by atoms with Crippen LogP contribution >= 0.6 is 12.2 Å². The molecule has 3 rings (SSSR count). The first-order valence-corrected chi connectivity index (χ1v) is 9.38. The van der Waals surface area contributed by atoms with E-state index >= 15 is 0 Å². The number of hydrogen-bond donors (Lipinski definition) is 2. The lowest BCUT2D eigenvalue weighted by Crippen LogP contribution is -2.25. The van der Waals surface area contributed by atoms with Gasteiger partial charge in [-0.05, 0) is 48.1 Å². The number of ether oxygens (including phenoxy) is 3. The third kappa shape index (κ3) is 4.69. The van der Waals surface area contributed by atoms with Gasteiger partial charge in [-0.25, -0.2) is 0 Å². The van der Waals surface area contributed by atoms with Crippen LogP contribution in [-0.2, 0) is 9.59 Å². The summed E-state index contributed by atoms with van der Waals surface area (Å²) in [6.45, 7) is -0.214. The van der Waals surface area contributed by atoms with Crippen LogP contribution in [0.1, 0.15) is 5.56 Å². The molecule has 9 heteroatoms. The Balaban J connectivity index is 1.68. The van der Waals surface area contributed by atoms with E-state index in [1.807, 2.05) is 6.07 Å². The Morgan fingerprint density at radius 2 is 1.87 bits per heavy atom. The standard InChI is InChI=1S/C21H21N3O5S/c1-24-20(26)15(23-21(24)30)10-13-8-9-17(18(11-13)28-3)29-12-19(25)22-14-6-4-5-7-16(14)27-2/h4-11H,12H2,1-3H3,(H,22,25)(H,23,30)/b15-10+. The van der Waals surface area contributed by atoms with Crippen molar-refractivity contribution in [3.63, 3.8) is 0 Å². The van der Waals surface area contributed by atoms with E-state index in [0.717, 1.165) is 0 Å². The van der Waals surface area contributed by atoms with Crippen molar-refractivity contribution in [3.8, 4) is 17.2 Å². The number of likely N-dealkylation sites (N-methyl/N-ethyl adjacent to an activating group) is 1. The molecule has 2 aromatic carbocycles. The number of carbonyl (C=O) groups excluding carboxylic acids is 2. The van der Waals surface area contributed by atoms with Gasteiger partial charge in [-0.1, -0.05) is 18.2 Å². The summed E-state index contributed by atoms with van der Waals surface area (Å²) in [5.74, 6) is 0.822. The van der Waals surface area contributed by atoms with Crippen molar-refractivity contribution in [2.24, 2.45) is 0 Å². The number of benzene rings is 2. The molecule has 156 valence electrons. The SMILES string of the molecule is COc1ccccc1NC(=O)COc1ccc(/C=C2/NC(=S)N(C)C2=O)cc1OC. The van der Waals surface area contributed by atoms with E-state index in [1.165, 1.54) is 19.1 Å². The first kappa shape index (κ1) is 21.1. The Bertz CT molecular complexity index is 1020. The Kier molecular flexibility index (Phi) is 6.53. The van der Waals surface area contributed by atoms with E-state index in [-0.39, 0.29) is 18.4 Å². The highest BCUT2D eigenvalue weighted by molar-refractivity contribution is 7.80. The molecule has 2 aromatic rings. The van der Waals surface area contributed by atoms with Gasteiger partial charge in [0.2, 0.25) is 0 Å². The van der Waals surface area contributed by atoms with Gasteiger partial charge in [-0.2, -0.15) is 0 Å². The number of anilines is 1. The van der Waals surface area contributed by atoms with Gasteiger partial charge in [0.05, 0.1) is 19.9 Å². The molecular weight excluding hydrogens is 406 g/mol. The van der Waals surface area contributed by atoms with Crippen LogP contribution in [0.3, 0.4) is 0 Å². The summed E-state index contributed by atoms with van der Waals surface area (Å²) in [5, 5.41) is 5.95. The van der Waals surface area contributed by atoms with Crippen LogP contribution in [0.25, 0.3) is 6.08 Å². The molecule has 1 heterocycles. The maximum Gasteiger partial charge on any atom is 0.276 e. The Hall–Kier alpha value is -3.59. The molecule has 0 aliphatic carbocycles. The molecule has 0 radical (unpaired) electrons. The number of methoxy groups -OCH3 is 2. The predicted octanol–water partition coefficient (Wildman–Crippen LogP) is 2.41. The van der Waals surface area contributed by atoms with Crippen LogP contribution in [0.4, 0.5) is 5.69 Å². The van der Waals surface area contributed by atoms with Crippen molar-refractivity contribution in [1.82, 2.24) is 10.2 Å². The molecule has 8 nitrogen and oxygen atoms in total. The second kappa shape index (κ2) is 9.27. The quantitative estimate of drug-likeness (QED) is 0.518. The molecule has 0 bridgehead atoms. The first-order chi connectivity index (χ1) is 14.4. The number of hydrogen-bond acceptors (Lipinski definition) is 6. The molecular formula is C21H21N3O5S. The van der Waals surface area contributed by atoms with Crippen LogP contribution in [0.5, 0.6) is 17.2 Å². The van der Waals surface area contributed by atoms with Crippen molar-refractivity contribution in [1.29, 1.82) is 0 Å². The third-order valence-electron chi connectivity index (χ3n) is 4.32. The normalized spacial score (nSPS) is 14.5. The zero-order valence-corrected chi connectivity index (χ0v) is 17.5. The van der Waals surface area contributed by atoms with Crippen molar-refractivity contribution < 1.29 is 23.8 Å². The first-order valence-electron chi connectivity index (χ1n) is 8.97. The van der Waals surface area contributed by atoms with Gasteiger partial charge in [-0.15, -0.1) is 0 Å². The lowest BCUT2D eigenvalue weighted by molar-refractivity contribution is -0.121. The smallest absolute Gasteiger partial charge is 0.276 e. The number of carbonyl (C=O) groups is 2. The summed E-state index contributed by atoms with van der Waals surface area (Å²) >= 11 is 5.07. The zero-order valence-electron chi connectivity index (χ0n) is 16.7. The summed E-state index contributed by atoms with van der Waals surface area (Å²) in [7, 11) is 4.63. The molecule has 1 fully saturated rings. The van der Waals surface area contributed by atoms with Crippen molar-refractivity contribution >= 4 is 40.9 Å². The summed E-state index contributed by atoms with van der Waals surface area (Å²) in [5.41, 5.74) is 1.64. The number of thiocarbonyl (C=S) groups is 1. The van der Waals surface area contributed by atoms with Gasteiger partial charge in [0.1, 0.15) is 11.4 Å². The minimum atomic E-state index is -0.343. The number of nitrogens with zero attached hydrogens (tertiary/aromatic N) is 1. The van der Waals surface area contributed by atoms with Crippen LogP contribution in [-0.4, -0.2) is 49.7 Å². The molecule has 30 heavy (non-hydrogen) atoms. The van der Waals surface area contributed by atoms with Gasteiger partial charge >= 0.3 is 0 Å². The zero-order chi connectivity index (χ0) is 21.7. The number of para-hydroxylation sites is 2. The van der Waals surface area contributed by atoms with Crippen LogP contribution in [0.15, 0.2) is 48.2 Å². The predicted molar refractivity (Wildman–Crippen MR) is 117 cm³/mol. The molecule has 0 aromatic heterocycles. The molecule has 1 saturated heterocycles. The van der Waals surface area contributed by atoms with Crippen LogP contribution in [0, 0.1) is 0 Å². The van der Waals surface area contributed by atoms with Crippen molar-refractivity contribution in [2.75, 3.05) is 33.2 Å². The minimum absolute atomic E-state index is 0.214. The topological polar surface area (TPSA) is 89.1 Å². The lowest BCUT2D eigenvalue weighted by atomic mass is 10.1. The molecule has 0 spiro atoms. The molecule has 0 unspecified atom stereocenters. The summed E-state index contributed by atoms with van der Waals surface area (Å²) in [6, 6.07) is 12.2. The van der Waals surface area contributed by atoms with Crippen LogP contribution in [0.2, 0.25) is 0 Å². The fourth-order valence-corrected chi connectivity index (χ4v) is 2.95. The van der Waals surface area contributed by atoms with E-state index in [1.54, 1.807) is 49.5 Å². The second-order valence-corrected chi connectivity index (χ2v) is 6.69. The highest BCUT2D eigenvalue weighted by Gasteiger charge is 2.27. The summed E-state index contributed by atoms with van der Waals surface area (Å²) in [6.07, 6.45) is 1.67. The third-order valence-corrected chi connectivity index (χ3v) is 4.70. The van der Waals surface area contributed by atoms with E-state index < -0.39 is 0 Å². The monoisotopic (exact) mass is 427 g/mol.